The topological polar surface area (TPSA) is 60.9 Å². The molecule has 1 saturated heterocycles. The van der Waals surface area contributed by atoms with Crippen LogP contribution >= 0.6 is 0 Å². The standard InChI is InChI=1S/C17H27N3O3S/c1-14-5-7-15(8-6-14)13-19(4)17(21)16-9-11-20(12-10-16)24(22,23)18(2)3/h5-8,16H,9-13H2,1-4H3. The van der Waals surface area contributed by atoms with Crippen LogP contribution < -0.4 is 0 Å². The highest BCUT2D eigenvalue weighted by atomic mass is 32.2. The van der Waals surface area contributed by atoms with Gasteiger partial charge in [0, 0.05) is 46.7 Å². The van der Waals surface area contributed by atoms with Crippen molar-refractivity contribution in [1.82, 2.24) is 13.5 Å². The van der Waals surface area contributed by atoms with Crippen molar-refractivity contribution in [2.45, 2.75) is 26.3 Å². The molecule has 0 radical (unpaired) electrons. The molecule has 0 N–H and O–H groups in total. The molecule has 24 heavy (non-hydrogen) atoms. The second kappa shape index (κ2) is 7.63. The Balaban J connectivity index is 1.91. The number of hydrogen-bond acceptors (Lipinski definition) is 3. The monoisotopic (exact) mass is 353 g/mol. The van der Waals surface area contributed by atoms with Crippen LogP contribution in [0.2, 0.25) is 0 Å². The summed E-state index contributed by atoms with van der Waals surface area (Å²) in [5.41, 5.74) is 2.30. The smallest absolute Gasteiger partial charge is 0.281 e. The number of nitrogens with zero attached hydrogens (tertiary/aromatic N) is 3. The molecule has 0 spiro atoms. The van der Waals surface area contributed by atoms with E-state index in [0.717, 1.165) is 5.56 Å². The average Bonchev–Trinajstić information content (AvgIpc) is 2.56. The fourth-order valence-corrected chi connectivity index (χ4v) is 4.06. The summed E-state index contributed by atoms with van der Waals surface area (Å²) in [7, 11) is 1.49. The first kappa shape index (κ1) is 18.9. The Morgan fingerprint density at radius 3 is 2.17 bits per heavy atom. The van der Waals surface area contributed by atoms with Gasteiger partial charge in [0.05, 0.1) is 0 Å². The van der Waals surface area contributed by atoms with E-state index in [1.54, 1.807) is 4.90 Å². The highest BCUT2D eigenvalue weighted by Crippen LogP contribution is 2.22. The molecule has 0 bridgehead atoms. The first-order valence-corrected chi connectivity index (χ1v) is 9.59. The van der Waals surface area contributed by atoms with Crippen LogP contribution in [0.25, 0.3) is 0 Å². The van der Waals surface area contributed by atoms with Crippen LogP contribution in [0.5, 0.6) is 0 Å². The highest BCUT2D eigenvalue weighted by Gasteiger charge is 2.33. The minimum Gasteiger partial charge on any atom is -0.341 e. The van der Waals surface area contributed by atoms with Crippen LogP contribution in [0, 0.1) is 12.8 Å². The number of piperidine rings is 1. The van der Waals surface area contributed by atoms with Crippen molar-refractivity contribution in [3.8, 4) is 0 Å². The van der Waals surface area contributed by atoms with Crippen molar-refractivity contribution in [1.29, 1.82) is 0 Å². The summed E-state index contributed by atoms with van der Waals surface area (Å²) in [5, 5.41) is 0. The van der Waals surface area contributed by atoms with E-state index in [0.29, 0.717) is 32.5 Å². The molecule has 0 saturated carbocycles. The number of rotatable bonds is 5. The first-order valence-electron chi connectivity index (χ1n) is 8.20. The molecule has 1 amide bonds. The van der Waals surface area contributed by atoms with Crippen LogP contribution in [0.3, 0.4) is 0 Å². The average molecular weight is 353 g/mol. The zero-order chi connectivity index (χ0) is 17.9. The number of carbonyl (C=O) groups excluding carboxylic acids is 1. The van der Waals surface area contributed by atoms with Crippen LogP contribution in [0.15, 0.2) is 24.3 Å². The lowest BCUT2D eigenvalue weighted by atomic mass is 9.96. The summed E-state index contributed by atoms with van der Waals surface area (Å²) in [6.07, 6.45) is 1.15. The molecule has 2 rings (SSSR count). The molecule has 1 fully saturated rings. The minimum absolute atomic E-state index is 0.0949. The predicted octanol–water partition coefficient (Wildman–Crippen LogP) is 1.47. The largest absolute Gasteiger partial charge is 0.341 e. The third-order valence-corrected chi connectivity index (χ3v) is 6.45. The minimum atomic E-state index is -3.38. The maximum atomic E-state index is 12.6. The van der Waals surface area contributed by atoms with Gasteiger partial charge in [-0.2, -0.15) is 17.0 Å². The van der Waals surface area contributed by atoms with E-state index in [2.05, 4.69) is 0 Å². The van der Waals surface area contributed by atoms with Crippen molar-refractivity contribution in [2.24, 2.45) is 5.92 Å². The molecule has 0 unspecified atom stereocenters. The summed E-state index contributed by atoms with van der Waals surface area (Å²) in [6.45, 7) is 3.41. The highest BCUT2D eigenvalue weighted by molar-refractivity contribution is 7.86. The van der Waals surface area contributed by atoms with E-state index in [1.807, 2.05) is 38.2 Å². The van der Waals surface area contributed by atoms with E-state index in [4.69, 9.17) is 0 Å². The van der Waals surface area contributed by atoms with E-state index < -0.39 is 10.2 Å². The molecular weight excluding hydrogens is 326 g/mol. The Morgan fingerprint density at radius 1 is 1.12 bits per heavy atom. The van der Waals surface area contributed by atoms with Crippen molar-refractivity contribution in [2.75, 3.05) is 34.2 Å². The van der Waals surface area contributed by atoms with Gasteiger partial charge in [0.25, 0.3) is 10.2 Å². The molecule has 7 heteroatoms. The Kier molecular flexibility index (Phi) is 6.01. The summed E-state index contributed by atoms with van der Waals surface area (Å²) in [4.78, 5) is 14.3. The SMILES string of the molecule is Cc1ccc(CN(C)C(=O)C2CCN(S(=O)(=O)N(C)C)CC2)cc1. The van der Waals surface area contributed by atoms with Gasteiger partial charge < -0.3 is 4.90 Å². The number of carbonyl (C=O) groups is 1. The maximum absolute atomic E-state index is 12.6. The lowest BCUT2D eigenvalue weighted by molar-refractivity contribution is -0.135. The van der Waals surface area contributed by atoms with Crippen LogP contribution in [-0.4, -0.2) is 62.1 Å². The molecule has 1 aromatic rings. The molecule has 134 valence electrons. The van der Waals surface area contributed by atoms with Gasteiger partial charge in [0.15, 0.2) is 0 Å². The summed E-state index contributed by atoms with van der Waals surface area (Å²) < 4.78 is 26.9. The quantitative estimate of drug-likeness (QED) is 0.805. The van der Waals surface area contributed by atoms with Gasteiger partial charge in [-0.15, -0.1) is 0 Å². The number of aryl methyl sites for hydroxylation is 1. The second-order valence-electron chi connectivity index (χ2n) is 6.64. The van der Waals surface area contributed by atoms with Gasteiger partial charge in [-0.1, -0.05) is 29.8 Å². The fourth-order valence-electron chi connectivity index (χ4n) is 2.92. The van der Waals surface area contributed by atoms with Crippen molar-refractivity contribution in [3.63, 3.8) is 0 Å². The maximum Gasteiger partial charge on any atom is 0.281 e. The molecule has 0 aliphatic carbocycles. The molecule has 1 aliphatic rings. The Hall–Kier alpha value is -1.44. The Labute approximate surface area is 145 Å². The predicted molar refractivity (Wildman–Crippen MR) is 94.6 cm³/mol. The Bertz CT molecular complexity index is 663. The van der Waals surface area contributed by atoms with Crippen molar-refractivity contribution in [3.05, 3.63) is 35.4 Å². The van der Waals surface area contributed by atoms with Crippen molar-refractivity contribution >= 4 is 16.1 Å². The summed E-state index contributed by atoms with van der Waals surface area (Å²) in [6, 6.07) is 8.15. The molecular formula is C17H27N3O3S. The van der Waals surface area contributed by atoms with Gasteiger partial charge in [0.2, 0.25) is 5.91 Å². The zero-order valence-electron chi connectivity index (χ0n) is 14.9. The lowest BCUT2D eigenvalue weighted by Gasteiger charge is -2.33. The number of amides is 1. The normalized spacial score (nSPS) is 17.2. The molecule has 0 atom stereocenters. The second-order valence-corrected chi connectivity index (χ2v) is 8.79. The van der Waals surface area contributed by atoms with E-state index in [1.165, 1.54) is 28.3 Å². The first-order chi connectivity index (χ1) is 11.2. The van der Waals surface area contributed by atoms with Gasteiger partial charge in [-0.05, 0) is 25.3 Å². The van der Waals surface area contributed by atoms with Crippen LogP contribution in [-0.2, 0) is 21.5 Å². The van der Waals surface area contributed by atoms with E-state index in [9.17, 15) is 13.2 Å². The summed E-state index contributed by atoms with van der Waals surface area (Å²) >= 11 is 0. The molecule has 0 aromatic heterocycles. The van der Waals surface area contributed by atoms with Gasteiger partial charge in [-0.25, -0.2) is 0 Å². The number of benzene rings is 1. The number of hydrogen-bond donors (Lipinski definition) is 0. The summed E-state index contributed by atoms with van der Waals surface area (Å²) in [5.74, 6) is -0.00784. The van der Waals surface area contributed by atoms with Gasteiger partial charge in [0.1, 0.15) is 0 Å². The van der Waals surface area contributed by atoms with Crippen LogP contribution in [0.1, 0.15) is 24.0 Å². The lowest BCUT2D eigenvalue weighted by Crippen LogP contribution is -2.46. The fraction of sp³-hybridized carbons (Fsp3) is 0.588. The third kappa shape index (κ3) is 4.34. The van der Waals surface area contributed by atoms with Gasteiger partial charge >= 0.3 is 0 Å². The van der Waals surface area contributed by atoms with E-state index >= 15 is 0 Å². The molecule has 1 aromatic carbocycles. The van der Waals surface area contributed by atoms with Crippen molar-refractivity contribution < 1.29 is 13.2 Å². The third-order valence-electron chi connectivity index (χ3n) is 4.51. The molecule has 1 heterocycles. The van der Waals surface area contributed by atoms with E-state index in [-0.39, 0.29) is 11.8 Å². The molecule has 1 aliphatic heterocycles. The zero-order valence-corrected chi connectivity index (χ0v) is 15.7. The van der Waals surface area contributed by atoms with Gasteiger partial charge in [-0.3, -0.25) is 4.79 Å². The molecule has 6 nitrogen and oxygen atoms in total. The Morgan fingerprint density at radius 2 is 1.67 bits per heavy atom. The van der Waals surface area contributed by atoms with Crippen LogP contribution in [0.4, 0.5) is 0 Å².